The van der Waals surface area contributed by atoms with Gasteiger partial charge in [-0.25, -0.2) is 0 Å². The average Bonchev–Trinajstić information content (AvgIpc) is 2.86. The van der Waals surface area contributed by atoms with Crippen molar-refractivity contribution in [1.29, 1.82) is 0 Å². The van der Waals surface area contributed by atoms with Crippen LogP contribution < -0.4 is 10.6 Å². The molecule has 0 aromatic carbocycles. The van der Waals surface area contributed by atoms with E-state index in [0.29, 0.717) is 13.0 Å². The highest BCUT2D eigenvalue weighted by atomic mass is 16.5. The van der Waals surface area contributed by atoms with Gasteiger partial charge in [-0.2, -0.15) is 4.91 Å². The number of ether oxygens (including phenoxy) is 1. The summed E-state index contributed by atoms with van der Waals surface area (Å²) >= 11 is 0. The molecule has 4 N–H and O–H groups in total. The molecule has 1 rings (SSSR count). The van der Waals surface area contributed by atoms with Gasteiger partial charge in [-0.1, -0.05) is 37.6 Å². The van der Waals surface area contributed by atoms with E-state index in [2.05, 4.69) is 15.8 Å². The van der Waals surface area contributed by atoms with Gasteiger partial charge >= 0.3 is 0 Å². The normalized spacial score (nSPS) is 23.6. The second kappa shape index (κ2) is 11.8. The van der Waals surface area contributed by atoms with Crippen molar-refractivity contribution in [2.75, 3.05) is 13.7 Å². The Morgan fingerprint density at radius 1 is 1.37 bits per heavy atom. The number of aliphatic hydroxyl groups is 2. The number of methoxy groups -OCH3 is 1. The number of nitrogens with zero attached hydrogens (tertiary/aromatic N) is 1. The minimum absolute atomic E-state index is 0.175. The van der Waals surface area contributed by atoms with E-state index in [0.717, 1.165) is 19.3 Å². The lowest BCUT2D eigenvalue weighted by atomic mass is 9.98. The zero-order valence-electron chi connectivity index (χ0n) is 16.1. The molecular formula is C18H31N3O6. The van der Waals surface area contributed by atoms with Gasteiger partial charge in [0.2, 0.25) is 5.91 Å². The van der Waals surface area contributed by atoms with Crippen LogP contribution >= 0.6 is 0 Å². The Balaban J connectivity index is 2.78. The highest BCUT2D eigenvalue weighted by Crippen LogP contribution is 2.14. The van der Waals surface area contributed by atoms with Gasteiger partial charge in [0.05, 0.1) is 0 Å². The summed E-state index contributed by atoms with van der Waals surface area (Å²) in [6, 6.07) is -1.95. The molecule has 9 heteroatoms. The Morgan fingerprint density at radius 3 is 2.67 bits per heavy atom. The fourth-order valence-electron chi connectivity index (χ4n) is 2.76. The number of hydrogen-bond acceptors (Lipinski definition) is 7. The van der Waals surface area contributed by atoms with Crippen molar-refractivity contribution in [3.05, 3.63) is 17.1 Å². The van der Waals surface area contributed by atoms with Crippen molar-refractivity contribution >= 4 is 11.8 Å². The summed E-state index contributed by atoms with van der Waals surface area (Å²) < 4.78 is 5.02. The fourth-order valence-corrected chi connectivity index (χ4v) is 2.76. The van der Waals surface area contributed by atoms with Crippen LogP contribution in [0.25, 0.3) is 0 Å². The molecule has 0 aromatic rings. The van der Waals surface area contributed by atoms with Crippen LogP contribution in [0.15, 0.2) is 17.3 Å². The van der Waals surface area contributed by atoms with Gasteiger partial charge in [0.1, 0.15) is 24.3 Å². The van der Waals surface area contributed by atoms with Crippen LogP contribution in [0, 0.1) is 10.8 Å². The van der Waals surface area contributed by atoms with Gasteiger partial charge < -0.3 is 25.6 Å². The standard InChI is InChI=1S/C18H31N3O6/c1-4-11(2)8-9-12(21-26)14(22)15(23)16(27-3)18(25)20-13-7-5-6-10-19-17(13)24/h8-9,11-16,22-23H,4-7,10H2,1-3H3,(H,19,24)(H,20,25)/b9-8+/t11?,12-,13-,14?,15?,16+/m0/s1. The molecule has 0 aliphatic carbocycles. The summed E-state index contributed by atoms with van der Waals surface area (Å²) in [5.41, 5.74) is 0. The molecule has 0 bridgehead atoms. The molecule has 1 fully saturated rings. The van der Waals surface area contributed by atoms with Gasteiger partial charge in [0.25, 0.3) is 5.91 Å². The van der Waals surface area contributed by atoms with E-state index in [1.807, 2.05) is 13.8 Å². The molecule has 0 radical (unpaired) electrons. The number of rotatable bonds is 10. The lowest BCUT2D eigenvalue weighted by molar-refractivity contribution is -0.147. The molecule has 3 unspecified atom stereocenters. The van der Waals surface area contributed by atoms with Crippen molar-refractivity contribution in [3.63, 3.8) is 0 Å². The zero-order valence-corrected chi connectivity index (χ0v) is 16.1. The lowest BCUT2D eigenvalue weighted by Crippen LogP contribution is -2.55. The van der Waals surface area contributed by atoms with Crippen LogP contribution in [0.2, 0.25) is 0 Å². The minimum atomic E-state index is -1.69. The van der Waals surface area contributed by atoms with Crippen LogP contribution in [0.3, 0.4) is 0 Å². The zero-order chi connectivity index (χ0) is 20.4. The predicted octanol–water partition coefficient (Wildman–Crippen LogP) is 0.245. The quantitative estimate of drug-likeness (QED) is 0.314. The summed E-state index contributed by atoms with van der Waals surface area (Å²) in [5, 5.41) is 28.7. The van der Waals surface area contributed by atoms with Gasteiger partial charge in [-0.3, -0.25) is 9.59 Å². The highest BCUT2D eigenvalue weighted by Gasteiger charge is 2.37. The summed E-state index contributed by atoms with van der Waals surface area (Å²) in [5.74, 6) is -0.856. The van der Waals surface area contributed by atoms with E-state index in [4.69, 9.17) is 4.74 Å². The van der Waals surface area contributed by atoms with E-state index in [1.54, 1.807) is 6.08 Å². The molecule has 27 heavy (non-hydrogen) atoms. The smallest absolute Gasteiger partial charge is 0.252 e. The van der Waals surface area contributed by atoms with Crippen LogP contribution in [0.5, 0.6) is 0 Å². The Hall–Kier alpha value is -1.84. The SMILES string of the molecule is CCC(C)/C=C/[C@H](N=O)C(O)C(O)[C@@H](OC)C(=O)N[C@H]1CCCCNC1=O. The average molecular weight is 385 g/mol. The molecule has 6 atom stereocenters. The molecule has 0 aromatic heterocycles. The first-order valence-electron chi connectivity index (χ1n) is 9.33. The van der Waals surface area contributed by atoms with Crippen molar-refractivity contribution in [2.24, 2.45) is 11.1 Å². The van der Waals surface area contributed by atoms with E-state index >= 15 is 0 Å². The van der Waals surface area contributed by atoms with Crippen LogP contribution in [0.1, 0.15) is 39.5 Å². The van der Waals surface area contributed by atoms with Gasteiger partial charge in [-0.05, 0) is 25.2 Å². The maximum Gasteiger partial charge on any atom is 0.252 e. The number of amides is 2. The molecule has 0 spiro atoms. The van der Waals surface area contributed by atoms with Gasteiger partial charge in [-0.15, -0.1) is 0 Å². The predicted molar refractivity (Wildman–Crippen MR) is 99.8 cm³/mol. The van der Waals surface area contributed by atoms with E-state index in [9.17, 15) is 24.7 Å². The largest absolute Gasteiger partial charge is 0.388 e. The monoisotopic (exact) mass is 385 g/mol. The van der Waals surface area contributed by atoms with Crippen molar-refractivity contribution in [3.8, 4) is 0 Å². The molecule has 9 nitrogen and oxygen atoms in total. The first-order chi connectivity index (χ1) is 12.8. The van der Waals surface area contributed by atoms with Crippen LogP contribution in [-0.4, -0.2) is 66.1 Å². The first-order valence-corrected chi connectivity index (χ1v) is 9.33. The maximum atomic E-state index is 12.5. The Morgan fingerprint density at radius 2 is 2.07 bits per heavy atom. The lowest BCUT2D eigenvalue weighted by Gasteiger charge is -2.27. The van der Waals surface area contributed by atoms with Crippen molar-refractivity contribution < 1.29 is 24.5 Å². The third-order valence-corrected chi connectivity index (χ3v) is 4.78. The molecule has 2 amide bonds. The number of nitrogens with one attached hydrogen (secondary N) is 2. The van der Waals surface area contributed by atoms with Crippen LogP contribution in [-0.2, 0) is 14.3 Å². The van der Waals surface area contributed by atoms with Crippen molar-refractivity contribution in [1.82, 2.24) is 10.6 Å². The summed E-state index contributed by atoms with van der Waals surface area (Å²) in [6.07, 6.45) is 1.28. The number of carbonyl (C=O) groups excluding carboxylic acids is 2. The molecule has 1 saturated heterocycles. The molecule has 1 aliphatic rings. The number of aliphatic hydroxyl groups excluding tert-OH is 2. The Kier molecular flexibility index (Phi) is 10.1. The molecule has 1 aliphatic heterocycles. The van der Waals surface area contributed by atoms with Gasteiger partial charge in [0.15, 0.2) is 6.10 Å². The van der Waals surface area contributed by atoms with Gasteiger partial charge in [0, 0.05) is 13.7 Å². The van der Waals surface area contributed by atoms with E-state index in [-0.39, 0.29) is 11.8 Å². The second-order valence-corrected chi connectivity index (χ2v) is 6.85. The molecular weight excluding hydrogens is 354 g/mol. The summed E-state index contributed by atoms with van der Waals surface area (Å²) in [7, 11) is 1.20. The Bertz CT molecular complexity index is 527. The highest BCUT2D eigenvalue weighted by molar-refractivity contribution is 5.89. The molecule has 154 valence electrons. The third-order valence-electron chi connectivity index (χ3n) is 4.78. The fraction of sp³-hybridized carbons (Fsp3) is 0.778. The molecule has 1 heterocycles. The third kappa shape index (κ3) is 7.00. The number of allylic oxidation sites excluding steroid dienone is 1. The number of carbonyl (C=O) groups is 2. The van der Waals surface area contributed by atoms with Crippen LogP contribution in [0.4, 0.5) is 0 Å². The maximum absolute atomic E-state index is 12.5. The second-order valence-electron chi connectivity index (χ2n) is 6.85. The van der Waals surface area contributed by atoms with Crippen molar-refractivity contribution in [2.45, 2.75) is 69.9 Å². The molecule has 0 saturated carbocycles. The minimum Gasteiger partial charge on any atom is -0.388 e. The Labute approximate surface area is 159 Å². The summed E-state index contributed by atoms with van der Waals surface area (Å²) in [4.78, 5) is 35.5. The first kappa shape index (κ1) is 23.2. The summed E-state index contributed by atoms with van der Waals surface area (Å²) in [6.45, 7) is 4.46. The number of nitroso groups, excluding NO2 is 1. The topological polar surface area (TPSA) is 137 Å². The van der Waals surface area contributed by atoms with E-state index in [1.165, 1.54) is 13.2 Å². The number of hydrogen-bond donors (Lipinski definition) is 4. The van der Waals surface area contributed by atoms with E-state index < -0.39 is 36.3 Å².